The van der Waals surface area contributed by atoms with Crippen molar-refractivity contribution < 1.29 is 4.79 Å². The average Bonchev–Trinajstić information content (AvgIpc) is 2.37. The highest BCUT2D eigenvalue weighted by molar-refractivity contribution is 7.99. The van der Waals surface area contributed by atoms with Gasteiger partial charge in [0, 0.05) is 56.2 Å². The number of hydrogen-bond donors (Lipinski definition) is 1. The Bertz CT molecular complexity index is 259. The molecule has 0 spiro atoms. The first-order valence-corrected chi connectivity index (χ1v) is 8.00. The van der Waals surface area contributed by atoms with Crippen LogP contribution in [0.4, 0.5) is 0 Å². The summed E-state index contributed by atoms with van der Waals surface area (Å²) in [6.45, 7) is 10.6. The van der Waals surface area contributed by atoms with E-state index in [0.717, 1.165) is 31.9 Å². The van der Waals surface area contributed by atoms with Gasteiger partial charge in [-0.15, -0.1) is 0 Å². The molecule has 2 N–H and O–H groups in total. The molecule has 0 saturated carbocycles. The molecule has 5 heteroatoms. The van der Waals surface area contributed by atoms with Crippen molar-refractivity contribution in [3.63, 3.8) is 0 Å². The van der Waals surface area contributed by atoms with E-state index in [-0.39, 0.29) is 11.9 Å². The van der Waals surface area contributed by atoms with Crippen molar-refractivity contribution in [1.82, 2.24) is 9.80 Å². The fourth-order valence-electron chi connectivity index (χ4n) is 2.45. The molecule has 0 aliphatic carbocycles. The first-order chi connectivity index (χ1) is 8.62. The van der Waals surface area contributed by atoms with Gasteiger partial charge in [-0.3, -0.25) is 9.69 Å². The van der Waals surface area contributed by atoms with E-state index in [1.807, 2.05) is 30.5 Å². The van der Waals surface area contributed by atoms with Gasteiger partial charge in [-0.25, -0.2) is 0 Å². The summed E-state index contributed by atoms with van der Waals surface area (Å²) in [5, 5.41) is 0.649. The van der Waals surface area contributed by atoms with Crippen molar-refractivity contribution in [2.24, 2.45) is 5.73 Å². The second-order valence-electron chi connectivity index (χ2n) is 4.84. The number of thioether (sulfide) groups is 1. The quantitative estimate of drug-likeness (QED) is 0.785. The Balaban J connectivity index is 2.52. The molecule has 1 amide bonds. The molecule has 1 aliphatic rings. The first-order valence-electron chi connectivity index (χ1n) is 6.95. The normalized spacial score (nSPS) is 22.8. The van der Waals surface area contributed by atoms with Crippen molar-refractivity contribution in [2.45, 2.75) is 38.5 Å². The summed E-state index contributed by atoms with van der Waals surface area (Å²) < 4.78 is 0. The van der Waals surface area contributed by atoms with Gasteiger partial charge in [-0.05, 0) is 13.8 Å². The van der Waals surface area contributed by atoms with Crippen LogP contribution in [0.25, 0.3) is 0 Å². The van der Waals surface area contributed by atoms with Crippen LogP contribution in [0.3, 0.4) is 0 Å². The van der Waals surface area contributed by atoms with Crippen molar-refractivity contribution in [3.05, 3.63) is 0 Å². The van der Waals surface area contributed by atoms with Crippen LogP contribution in [0.15, 0.2) is 0 Å². The van der Waals surface area contributed by atoms with E-state index >= 15 is 0 Å². The highest BCUT2D eigenvalue weighted by atomic mass is 32.2. The zero-order valence-corrected chi connectivity index (χ0v) is 12.7. The van der Waals surface area contributed by atoms with Gasteiger partial charge < -0.3 is 10.6 Å². The maximum atomic E-state index is 12.1. The summed E-state index contributed by atoms with van der Waals surface area (Å²) in [5.41, 5.74) is 5.86. The molecule has 2 unspecified atom stereocenters. The predicted molar refractivity (Wildman–Crippen MR) is 78.9 cm³/mol. The Kier molecular flexibility index (Phi) is 7.04. The van der Waals surface area contributed by atoms with E-state index in [4.69, 9.17) is 5.73 Å². The van der Waals surface area contributed by atoms with E-state index in [1.165, 1.54) is 0 Å². The van der Waals surface area contributed by atoms with Gasteiger partial charge in [-0.2, -0.15) is 11.8 Å². The second kappa shape index (κ2) is 8.02. The standard InChI is InChI=1S/C13H27N3OS/c1-4-15(5-2)13(17)8-12(9-14)16-6-7-18-11(3)10-16/h11-12H,4-10,14H2,1-3H3. The Labute approximate surface area is 115 Å². The summed E-state index contributed by atoms with van der Waals surface area (Å²) in [6.07, 6.45) is 0.565. The number of hydrogen-bond acceptors (Lipinski definition) is 4. The minimum atomic E-state index is 0.210. The van der Waals surface area contributed by atoms with Crippen molar-refractivity contribution in [1.29, 1.82) is 0 Å². The largest absolute Gasteiger partial charge is 0.343 e. The van der Waals surface area contributed by atoms with Crippen molar-refractivity contribution in [3.8, 4) is 0 Å². The van der Waals surface area contributed by atoms with E-state index in [2.05, 4.69) is 11.8 Å². The molecule has 1 rings (SSSR count). The third-order valence-electron chi connectivity index (χ3n) is 3.59. The molecule has 0 bridgehead atoms. The molecular formula is C13H27N3OS. The number of carbonyl (C=O) groups is 1. The maximum Gasteiger partial charge on any atom is 0.224 e. The fraction of sp³-hybridized carbons (Fsp3) is 0.923. The van der Waals surface area contributed by atoms with Crippen molar-refractivity contribution in [2.75, 3.05) is 38.5 Å². The van der Waals surface area contributed by atoms with E-state index < -0.39 is 0 Å². The highest BCUT2D eigenvalue weighted by Crippen LogP contribution is 2.20. The molecule has 2 atom stereocenters. The van der Waals surface area contributed by atoms with Gasteiger partial charge in [0.1, 0.15) is 0 Å². The summed E-state index contributed by atoms with van der Waals surface area (Å²) in [5.74, 6) is 1.39. The van der Waals surface area contributed by atoms with Crippen LogP contribution in [0.2, 0.25) is 0 Å². The van der Waals surface area contributed by atoms with Crippen LogP contribution >= 0.6 is 11.8 Å². The molecule has 1 fully saturated rings. The monoisotopic (exact) mass is 273 g/mol. The predicted octanol–water partition coefficient (Wildman–Crippen LogP) is 1.01. The average molecular weight is 273 g/mol. The van der Waals surface area contributed by atoms with Gasteiger partial charge in [0.15, 0.2) is 0 Å². The molecule has 0 aromatic carbocycles. The summed E-state index contributed by atoms with van der Waals surface area (Å²) in [6, 6.07) is 0.210. The van der Waals surface area contributed by atoms with Gasteiger partial charge in [0.05, 0.1) is 0 Å². The topological polar surface area (TPSA) is 49.6 Å². The molecule has 0 aromatic rings. The zero-order valence-electron chi connectivity index (χ0n) is 11.9. The number of amides is 1. The molecule has 18 heavy (non-hydrogen) atoms. The summed E-state index contributed by atoms with van der Waals surface area (Å²) in [7, 11) is 0. The van der Waals surface area contributed by atoms with E-state index in [1.54, 1.807) is 0 Å². The Morgan fingerprint density at radius 1 is 1.50 bits per heavy atom. The molecule has 1 saturated heterocycles. The molecule has 0 aromatic heterocycles. The van der Waals surface area contributed by atoms with Gasteiger partial charge in [-0.1, -0.05) is 6.92 Å². The van der Waals surface area contributed by atoms with E-state index in [0.29, 0.717) is 18.2 Å². The minimum absolute atomic E-state index is 0.210. The first kappa shape index (κ1) is 15.8. The lowest BCUT2D eigenvalue weighted by atomic mass is 10.1. The molecule has 106 valence electrons. The number of nitrogens with two attached hydrogens (primary N) is 1. The van der Waals surface area contributed by atoms with Gasteiger partial charge in [0.25, 0.3) is 0 Å². The molecule has 1 heterocycles. The highest BCUT2D eigenvalue weighted by Gasteiger charge is 2.26. The van der Waals surface area contributed by atoms with Crippen molar-refractivity contribution >= 4 is 17.7 Å². The molecule has 0 radical (unpaired) electrons. The smallest absolute Gasteiger partial charge is 0.224 e. The van der Waals surface area contributed by atoms with Gasteiger partial charge >= 0.3 is 0 Å². The summed E-state index contributed by atoms with van der Waals surface area (Å²) >= 11 is 2.01. The fourth-order valence-corrected chi connectivity index (χ4v) is 3.48. The van der Waals surface area contributed by atoms with Crippen LogP contribution in [-0.2, 0) is 4.79 Å². The van der Waals surface area contributed by atoms with Crippen LogP contribution in [0, 0.1) is 0 Å². The lowest BCUT2D eigenvalue weighted by Crippen LogP contribution is -2.49. The maximum absolute atomic E-state index is 12.1. The van der Waals surface area contributed by atoms with Crippen LogP contribution in [0.1, 0.15) is 27.2 Å². The lowest BCUT2D eigenvalue weighted by molar-refractivity contribution is -0.132. The molecular weight excluding hydrogens is 246 g/mol. The molecule has 4 nitrogen and oxygen atoms in total. The number of carbonyl (C=O) groups excluding carboxylic acids is 1. The number of nitrogens with zero attached hydrogens (tertiary/aromatic N) is 2. The van der Waals surface area contributed by atoms with Crippen LogP contribution < -0.4 is 5.73 Å². The van der Waals surface area contributed by atoms with Crippen LogP contribution in [-0.4, -0.2) is 65.5 Å². The Hall–Kier alpha value is -0.260. The SMILES string of the molecule is CCN(CC)C(=O)CC(CN)N1CCSC(C)C1. The Morgan fingerprint density at radius 2 is 2.17 bits per heavy atom. The third-order valence-corrected chi connectivity index (χ3v) is 4.72. The zero-order chi connectivity index (χ0) is 13.5. The summed E-state index contributed by atoms with van der Waals surface area (Å²) in [4.78, 5) is 16.4. The van der Waals surface area contributed by atoms with Gasteiger partial charge in [0.2, 0.25) is 5.91 Å². The third kappa shape index (κ3) is 4.44. The number of rotatable bonds is 6. The second-order valence-corrected chi connectivity index (χ2v) is 6.38. The van der Waals surface area contributed by atoms with Crippen LogP contribution in [0.5, 0.6) is 0 Å². The Morgan fingerprint density at radius 3 is 2.67 bits per heavy atom. The molecule has 1 aliphatic heterocycles. The van der Waals surface area contributed by atoms with E-state index in [9.17, 15) is 4.79 Å². The lowest BCUT2D eigenvalue weighted by Gasteiger charge is -2.36. The minimum Gasteiger partial charge on any atom is -0.343 e.